The molecular formula is C14H16O2. The van der Waals surface area contributed by atoms with Crippen molar-refractivity contribution in [2.75, 3.05) is 0 Å². The number of ketones is 1. The van der Waals surface area contributed by atoms with E-state index in [2.05, 4.69) is 6.58 Å². The first-order chi connectivity index (χ1) is 7.67. The summed E-state index contributed by atoms with van der Waals surface area (Å²) in [5.74, 6) is 0.0237. The van der Waals surface area contributed by atoms with Crippen LogP contribution in [0.3, 0.4) is 0 Å². The molecule has 16 heavy (non-hydrogen) atoms. The van der Waals surface area contributed by atoms with Gasteiger partial charge in [-0.2, -0.15) is 0 Å². The molecule has 0 aromatic heterocycles. The predicted octanol–water partition coefficient (Wildman–Crippen LogP) is 2.68. The molecule has 2 nitrogen and oxygen atoms in total. The van der Waals surface area contributed by atoms with Crippen molar-refractivity contribution in [2.45, 2.75) is 25.2 Å². The third-order valence-corrected chi connectivity index (χ3v) is 2.92. The van der Waals surface area contributed by atoms with E-state index in [-0.39, 0.29) is 5.78 Å². The minimum Gasteiger partial charge on any atom is -0.303 e. The van der Waals surface area contributed by atoms with Crippen molar-refractivity contribution < 1.29 is 9.59 Å². The van der Waals surface area contributed by atoms with Crippen LogP contribution in [0, 0.1) is 0 Å². The Bertz CT molecular complexity index is 381. The van der Waals surface area contributed by atoms with Gasteiger partial charge in [0.15, 0.2) is 0 Å². The van der Waals surface area contributed by atoms with Crippen LogP contribution >= 0.6 is 0 Å². The highest BCUT2D eigenvalue weighted by Crippen LogP contribution is 2.31. The summed E-state index contributed by atoms with van der Waals surface area (Å²) < 4.78 is 0. The van der Waals surface area contributed by atoms with E-state index in [0.717, 1.165) is 11.8 Å². The predicted molar refractivity (Wildman–Crippen MR) is 64.3 cm³/mol. The summed E-state index contributed by atoms with van der Waals surface area (Å²) in [5, 5.41) is 0. The van der Waals surface area contributed by atoms with Gasteiger partial charge < -0.3 is 4.79 Å². The summed E-state index contributed by atoms with van der Waals surface area (Å²) in [7, 11) is 0. The molecule has 0 fully saturated rings. The van der Waals surface area contributed by atoms with Gasteiger partial charge in [-0.15, -0.1) is 6.58 Å². The lowest BCUT2D eigenvalue weighted by Gasteiger charge is -2.27. The van der Waals surface area contributed by atoms with E-state index < -0.39 is 5.41 Å². The maximum Gasteiger partial charge on any atom is 0.144 e. The molecule has 2 heteroatoms. The molecule has 0 aliphatic rings. The Morgan fingerprint density at radius 1 is 1.38 bits per heavy atom. The van der Waals surface area contributed by atoms with Crippen molar-refractivity contribution >= 4 is 12.1 Å². The summed E-state index contributed by atoms with van der Waals surface area (Å²) in [6, 6.07) is 9.47. The Morgan fingerprint density at radius 3 is 2.44 bits per heavy atom. The lowest BCUT2D eigenvalue weighted by atomic mass is 9.74. The van der Waals surface area contributed by atoms with Gasteiger partial charge in [-0.05, 0) is 18.9 Å². The van der Waals surface area contributed by atoms with Gasteiger partial charge in [0, 0.05) is 6.42 Å². The summed E-state index contributed by atoms with van der Waals surface area (Å²) in [4.78, 5) is 22.3. The molecule has 0 heterocycles. The van der Waals surface area contributed by atoms with Gasteiger partial charge in [-0.1, -0.05) is 36.4 Å². The molecule has 0 saturated heterocycles. The minimum absolute atomic E-state index is 0.0237. The number of benzene rings is 1. The van der Waals surface area contributed by atoms with E-state index in [1.54, 1.807) is 13.0 Å². The molecule has 0 N–H and O–H groups in total. The molecule has 1 aromatic carbocycles. The number of Topliss-reactive ketones (excluding diaryl/α,β-unsaturated/α-hetero) is 1. The van der Waals surface area contributed by atoms with Crippen LogP contribution in [-0.2, 0) is 15.0 Å². The van der Waals surface area contributed by atoms with Gasteiger partial charge in [0.25, 0.3) is 0 Å². The second-order valence-electron chi connectivity index (χ2n) is 3.80. The van der Waals surface area contributed by atoms with E-state index in [0.29, 0.717) is 12.8 Å². The van der Waals surface area contributed by atoms with Gasteiger partial charge in [0.2, 0.25) is 0 Å². The van der Waals surface area contributed by atoms with E-state index in [4.69, 9.17) is 0 Å². The zero-order valence-corrected chi connectivity index (χ0v) is 9.48. The minimum atomic E-state index is -0.720. The smallest absolute Gasteiger partial charge is 0.144 e. The second-order valence-corrected chi connectivity index (χ2v) is 3.80. The van der Waals surface area contributed by atoms with E-state index in [9.17, 15) is 9.59 Å². The van der Waals surface area contributed by atoms with E-state index >= 15 is 0 Å². The van der Waals surface area contributed by atoms with Gasteiger partial charge >= 0.3 is 0 Å². The second kappa shape index (κ2) is 5.40. The summed E-state index contributed by atoms with van der Waals surface area (Å²) in [6.07, 6.45) is 3.33. The fraction of sp³-hybridized carbons (Fsp3) is 0.286. The molecule has 84 valence electrons. The highest BCUT2D eigenvalue weighted by atomic mass is 16.1. The largest absolute Gasteiger partial charge is 0.303 e. The molecule has 0 amide bonds. The number of carbonyl (C=O) groups is 2. The van der Waals surface area contributed by atoms with E-state index in [1.165, 1.54) is 0 Å². The number of hydrogen-bond acceptors (Lipinski definition) is 2. The third kappa shape index (κ3) is 2.27. The summed E-state index contributed by atoms with van der Waals surface area (Å²) in [5.41, 5.74) is 0.182. The molecule has 0 aliphatic heterocycles. The summed E-state index contributed by atoms with van der Waals surface area (Å²) in [6.45, 7) is 5.29. The van der Waals surface area contributed by atoms with Crippen LogP contribution in [-0.4, -0.2) is 12.1 Å². The number of rotatable bonds is 6. The quantitative estimate of drug-likeness (QED) is 0.541. The van der Waals surface area contributed by atoms with Gasteiger partial charge in [-0.25, -0.2) is 0 Å². The molecule has 0 radical (unpaired) electrons. The van der Waals surface area contributed by atoms with Crippen molar-refractivity contribution in [2.24, 2.45) is 0 Å². The highest BCUT2D eigenvalue weighted by molar-refractivity contribution is 5.90. The normalized spacial score (nSPS) is 13.8. The molecule has 0 unspecified atom stereocenters. The van der Waals surface area contributed by atoms with Crippen LogP contribution in [0.25, 0.3) is 0 Å². The first-order valence-electron chi connectivity index (χ1n) is 5.31. The monoisotopic (exact) mass is 216 g/mol. The summed E-state index contributed by atoms with van der Waals surface area (Å²) >= 11 is 0. The van der Waals surface area contributed by atoms with Crippen molar-refractivity contribution in [3.8, 4) is 0 Å². The molecule has 0 spiro atoms. The SMILES string of the molecule is C=C[C@](CCC=O)(C(C)=O)c1ccccc1. The topological polar surface area (TPSA) is 34.1 Å². The lowest BCUT2D eigenvalue weighted by molar-refractivity contribution is -0.121. The standard InChI is InChI=1S/C14H16O2/c1-3-14(12(2)16,10-7-11-15)13-8-5-4-6-9-13/h3-6,8-9,11H,1,7,10H2,2H3/t14-/m0/s1. The van der Waals surface area contributed by atoms with Crippen LogP contribution in [0.2, 0.25) is 0 Å². The lowest BCUT2D eigenvalue weighted by Crippen LogP contribution is -2.31. The van der Waals surface area contributed by atoms with Crippen LogP contribution in [0.4, 0.5) is 0 Å². The first kappa shape index (κ1) is 12.4. The highest BCUT2D eigenvalue weighted by Gasteiger charge is 2.33. The van der Waals surface area contributed by atoms with Crippen LogP contribution in [0.5, 0.6) is 0 Å². The molecule has 1 rings (SSSR count). The molecule has 0 saturated carbocycles. The molecule has 0 aliphatic carbocycles. The molecule has 1 atom stereocenters. The number of aldehydes is 1. The Kier molecular flexibility index (Phi) is 4.18. The van der Waals surface area contributed by atoms with E-state index in [1.807, 2.05) is 30.3 Å². The van der Waals surface area contributed by atoms with Gasteiger partial charge in [-0.3, -0.25) is 4.79 Å². The first-order valence-corrected chi connectivity index (χ1v) is 5.31. The maximum absolute atomic E-state index is 11.8. The van der Waals surface area contributed by atoms with Crippen LogP contribution < -0.4 is 0 Å². The molecular weight excluding hydrogens is 200 g/mol. The fourth-order valence-corrected chi connectivity index (χ4v) is 1.91. The van der Waals surface area contributed by atoms with Crippen LogP contribution in [0.1, 0.15) is 25.3 Å². The number of allylic oxidation sites excluding steroid dienone is 1. The van der Waals surface area contributed by atoms with Crippen molar-refractivity contribution in [1.29, 1.82) is 0 Å². The molecule has 0 bridgehead atoms. The van der Waals surface area contributed by atoms with Gasteiger partial charge in [0.1, 0.15) is 12.1 Å². The zero-order chi connectivity index (χ0) is 12.0. The van der Waals surface area contributed by atoms with Crippen LogP contribution in [0.15, 0.2) is 43.0 Å². The maximum atomic E-state index is 11.8. The Hall–Kier alpha value is -1.70. The van der Waals surface area contributed by atoms with Crippen molar-refractivity contribution in [3.63, 3.8) is 0 Å². The number of carbonyl (C=O) groups excluding carboxylic acids is 2. The van der Waals surface area contributed by atoms with Gasteiger partial charge in [0.05, 0.1) is 5.41 Å². The Labute approximate surface area is 96.0 Å². The Balaban J connectivity index is 3.17. The van der Waals surface area contributed by atoms with Crippen molar-refractivity contribution in [3.05, 3.63) is 48.6 Å². The Morgan fingerprint density at radius 2 is 2.00 bits per heavy atom. The third-order valence-electron chi connectivity index (χ3n) is 2.92. The van der Waals surface area contributed by atoms with Crippen molar-refractivity contribution in [1.82, 2.24) is 0 Å². The zero-order valence-electron chi connectivity index (χ0n) is 9.48. The average molecular weight is 216 g/mol. The molecule has 1 aromatic rings. The number of hydrogen-bond donors (Lipinski definition) is 0. The average Bonchev–Trinajstić information content (AvgIpc) is 2.31. The fourth-order valence-electron chi connectivity index (χ4n) is 1.91.